The number of rotatable bonds is 7. The highest BCUT2D eigenvalue weighted by Gasteiger charge is 2.05. The Morgan fingerprint density at radius 1 is 1.32 bits per heavy atom. The van der Waals surface area contributed by atoms with Crippen LogP contribution in [0.3, 0.4) is 0 Å². The fourth-order valence-corrected chi connectivity index (χ4v) is 1.83. The van der Waals surface area contributed by atoms with Crippen molar-refractivity contribution in [2.24, 2.45) is 0 Å². The summed E-state index contributed by atoms with van der Waals surface area (Å²) in [5, 5.41) is 3.12. The molecule has 5 nitrogen and oxygen atoms in total. The summed E-state index contributed by atoms with van der Waals surface area (Å²) in [7, 11) is 3.57. The van der Waals surface area contributed by atoms with Crippen LogP contribution in [0.5, 0.6) is 11.5 Å². The molecule has 0 unspecified atom stereocenters. The molecule has 0 bridgehead atoms. The zero-order chi connectivity index (χ0) is 13.5. The van der Waals surface area contributed by atoms with Crippen molar-refractivity contribution in [1.29, 1.82) is 0 Å². The van der Waals surface area contributed by atoms with Crippen molar-refractivity contribution in [2.75, 3.05) is 20.8 Å². The van der Waals surface area contributed by atoms with E-state index in [9.17, 15) is 0 Å². The highest BCUT2D eigenvalue weighted by Crippen LogP contribution is 2.28. The lowest BCUT2D eigenvalue weighted by Crippen LogP contribution is -2.09. The molecule has 0 atom stereocenters. The summed E-state index contributed by atoms with van der Waals surface area (Å²) in [6.45, 7) is 2.15. The lowest BCUT2D eigenvalue weighted by Gasteiger charge is -2.12. The molecule has 0 aliphatic heterocycles. The second kappa shape index (κ2) is 6.80. The summed E-state index contributed by atoms with van der Waals surface area (Å²) in [5.41, 5.74) is 1.17. The van der Waals surface area contributed by atoms with E-state index in [2.05, 4.69) is 10.3 Å². The number of hydrogen-bond donors (Lipinski definition) is 1. The first-order valence-electron chi connectivity index (χ1n) is 6.23. The number of aromatic nitrogens is 2. The van der Waals surface area contributed by atoms with Gasteiger partial charge in [0, 0.05) is 18.9 Å². The molecule has 0 aliphatic carbocycles. The molecule has 19 heavy (non-hydrogen) atoms. The van der Waals surface area contributed by atoms with Crippen molar-refractivity contribution in [2.45, 2.75) is 13.1 Å². The molecule has 1 heterocycles. The first kappa shape index (κ1) is 13.4. The van der Waals surface area contributed by atoms with E-state index < -0.39 is 0 Å². The van der Waals surface area contributed by atoms with Crippen LogP contribution in [0, 0.1) is 0 Å². The third-order valence-corrected chi connectivity index (χ3v) is 2.78. The average molecular weight is 261 g/mol. The summed E-state index contributed by atoms with van der Waals surface area (Å²) in [4.78, 5) is 3.99. The van der Waals surface area contributed by atoms with Crippen molar-refractivity contribution >= 4 is 0 Å². The largest absolute Gasteiger partial charge is 0.493 e. The third-order valence-electron chi connectivity index (χ3n) is 2.78. The quantitative estimate of drug-likeness (QED) is 0.824. The highest BCUT2D eigenvalue weighted by molar-refractivity contribution is 5.42. The van der Waals surface area contributed by atoms with Gasteiger partial charge in [0.05, 0.1) is 20.0 Å². The number of hydrogen-bond acceptors (Lipinski definition) is 4. The summed E-state index contributed by atoms with van der Waals surface area (Å²) in [6.07, 6.45) is 5.45. The zero-order valence-corrected chi connectivity index (χ0v) is 11.3. The molecule has 0 radical (unpaired) electrons. The minimum absolute atomic E-state index is 0.579. The fourth-order valence-electron chi connectivity index (χ4n) is 1.83. The van der Waals surface area contributed by atoms with Crippen LogP contribution < -0.4 is 14.8 Å². The van der Waals surface area contributed by atoms with Gasteiger partial charge in [0.2, 0.25) is 0 Å². The molecular formula is C14H19N3O2. The van der Waals surface area contributed by atoms with E-state index in [0.29, 0.717) is 6.61 Å². The molecule has 0 fully saturated rings. The monoisotopic (exact) mass is 261 g/mol. The molecule has 0 aliphatic rings. The zero-order valence-electron chi connectivity index (χ0n) is 11.3. The van der Waals surface area contributed by atoms with Gasteiger partial charge in [-0.2, -0.15) is 0 Å². The summed E-state index contributed by atoms with van der Waals surface area (Å²) in [6, 6.07) is 5.96. The second-order valence-corrected chi connectivity index (χ2v) is 4.16. The predicted octanol–water partition coefficient (Wildman–Crippen LogP) is 1.69. The number of imidazole rings is 1. The Bertz CT molecular complexity index is 497. The molecule has 0 saturated carbocycles. The molecule has 2 aromatic rings. The average Bonchev–Trinajstić information content (AvgIpc) is 2.93. The van der Waals surface area contributed by atoms with Gasteiger partial charge in [-0.3, -0.25) is 0 Å². The fraction of sp³-hybridized carbons (Fsp3) is 0.357. The van der Waals surface area contributed by atoms with E-state index in [-0.39, 0.29) is 0 Å². The van der Waals surface area contributed by atoms with E-state index in [1.165, 1.54) is 5.56 Å². The van der Waals surface area contributed by atoms with Crippen LogP contribution in [-0.2, 0) is 13.1 Å². The number of ether oxygens (including phenoxy) is 2. The Morgan fingerprint density at radius 3 is 2.89 bits per heavy atom. The number of benzene rings is 1. The van der Waals surface area contributed by atoms with E-state index in [0.717, 1.165) is 24.6 Å². The van der Waals surface area contributed by atoms with Crippen molar-refractivity contribution < 1.29 is 9.47 Å². The van der Waals surface area contributed by atoms with Crippen molar-refractivity contribution in [3.8, 4) is 11.5 Å². The minimum atomic E-state index is 0.579. The summed E-state index contributed by atoms with van der Waals surface area (Å²) >= 11 is 0. The van der Waals surface area contributed by atoms with Crippen LogP contribution >= 0.6 is 0 Å². The molecular weight excluding hydrogens is 242 g/mol. The summed E-state index contributed by atoms with van der Waals surface area (Å²) in [5.74, 6) is 1.53. The smallest absolute Gasteiger partial charge is 0.161 e. The lowest BCUT2D eigenvalue weighted by atomic mass is 10.2. The van der Waals surface area contributed by atoms with Gasteiger partial charge in [-0.25, -0.2) is 4.98 Å². The van der Waals surface area contributed by atoms with Crippen LogP contribution in [0.1, 0.15) is 5.56 Å². The molecule has 102 valence electrons. The van der Waals surface area contributed by atoms with E-state index in [1.807, 2.05) is 36.0 Å². The minimum Gasteiger partial charge on any atom is -0.493 e. The van der Waals surface area contributed by atoms with E-state index in [1.54, 1.807) is 19.6 Å². The van der Waals surface area contributed by atoms with E-state index >= 15 is 0 Å². The Kier molecular flexibility index (Phi) is 4.80. The van der Waals surface area contributed by atoms with Crippen LogP contribution in [0.25, 0.3) is 0 Å². The number of nitrogens with one attached hydrogen (secondary N) is 1. The Labute approximate surface area is 113 Å². The Balaban J connectivity index is 1.98. The normalized spacial score (nSPS) is 10.4. The topological polar surface area (TPSA) is 48.3 Å². The van der Waals surface area contributed by atoms with Crippen LogP contribution in [0.2, 0.25) is 0 Å². The molecule has 0 saturated heterocycles. The number of methoxy groups -OCH3 is 1. The van der Waals surface area contributed by atoms with Gasteiger partial charge in [0.1, 0.15) is 6.61 Å². The van der Waals surface area contributed by atoms with Gasteiger partial charge < -0.3 is 19.4 Å². The first-order valence-corrected chi connectivity index (χ1v) is 6.23. The molecule has 0 spiro atoms. The SMILES string of the molecule is CNCc1ccc(OC)c(OCCn2ccnc2)c1. The van der Waals surface area contributed by atoms with Gasteiger partial charge in [-0.05, 0) is 24.7 Å². The third kappa shape index (κ3) is 3.72. The van der Waals surface area contributed by atoms with Gasteiger partial charge in [-0.15, -0.1) is 0 Å². The second-order valence-electron chi connectivity index (χ2n) is 4.16. The molecule has 2 rings (SSSR count). The van der Waals surface area contributed by atoms with Crippen LogP contribution in [0.15, 0.2) is 36.9 Å². The maximum Gasteiger partial charge on any atom is 0.161 e. The van der Waals surface area contributed by atoms with Crippen LogP contribution in [0.4, 0.5) is 0 Å². The maximum absolute atomic E-state index is 5.79. The predicted molar refractivity (Wildman–Crippen MR) is 73.5 cm³/mol. The van der Waals surface area contributed by atoms with Gasteiger partial charge in [0.15, 0.2) is 11.5 Å². The Morgan fingerprint density at radius 2 is 2.21 bits per heavy atom. The van der Waals surface area contributed by atoms with Crippen molar-refractivity contribution in [3.05, 3.63) is 42.5 Å². The molecule has 1 aromatic carbocycles. The van der Waals surface area contributed by atoms with Gasteiger partial charge in [0.25, 0.3) is 0 Å². The van der Waals surface area contributed by atoms with E-state index in [4.69, 9.17) is 9.47 Å². The molecule has 0 amide bonds. The standard InChI is InChI=1S/C14H19N3O2/c1-15-10-12-3-4-13(18-2)14(9-12)19-8-7-17-6-5-16-11-17/h3-6,9,11,15H,7-8,10H2,1-2H3. The first-order chi connectivity index (χ1) is 9.33. The molecule has 1 aromatic heterocycles. The molecule has 1 N–H and O–H groups in total. The van der Waals surface area contributed by atoms with Gasteiger partial charge in [-0.1, -0.05) is 6.07 Å². The molecule has 5 heteroatoms. The van der Waals surface area contributed by atoms with Crippen molar-refractivity contribution in [1.82, 2.24) is 14.9 Å². The van der Waals surface area contributed by atoms with Crippen molar-refractivity contribution in [3.63, 3.8) is 0 Å². The Hall–Kier alpha value is -2.01. The number of nitrogens with zero attached hydrogens (tertiary/aromatic N) is 2. The maximum atomic E-state index is 5.79. The van der Waals surface area contributed by atoms with Gasteiger partial charge >= 0.3 is 0 Å². The summed E-state index contributed by atoms with van der Waals surface area (Å²) < 4.78 is 13.1. The highest BCUT2D eigenvalue weighted by atomic mass is 16.5. The van der Waals surface area contributed by atoms with Crippen LogP contribution in [-0.4, -0.2) is 30.3 Å². The lowest BCUT2D eigenvalue weighted by molar-refractivity contribution is 0.279.